The van der Waals surface area contributed by atoms with E-state index in [1.165, 1.54) is 129 Å². The summed E-state index contributed by atoms with van der Waals surface area (Å²) in [6, 6.07) is 0. The molecular weight excluding hydrogens is 404 g/mol. The Labute approximate surface area is 207 Å². The van der Waals surface area contributed by atoms with Crippen molar-refractivity contribution in [3.63, 3.8) is 0 Å². The first kappa shape index (κ1) is 27.4. The second-order valence-electron chi connectivity index (χ2n) is 11.4. The smallest absolute Gasteiger partial charge is 0.151 e. The summed E-state index contributed by atoms with van der Waals surface area (Å²) in [6.45, 7) is 19.1. The third-order valence-corrected chi connectivity index (χ3v) is 8.88. The van der Waals surface area contributed by atoms with Crippen molar-refractivity contribution >= 4 is 0 Å². The molecule has 193 valence electrons. The van der Waals surface area contributed by atoms with Crippen LogP contribution in [0.5, 0.6) is 0 Å². The van der Waals surface area contributed by atoms with Crippen LogP contribution in [-0.4, -0.2) is 52.4 Å². The van der Waals surface area contributed by atoms with E-state index in [1.807, 2.05) is 0 Å². The molecule has 0 bridgehead atoms. The van der Waals surface area contributed by atoms with Crippen LogP contribution in [0.2, 0.25) is 0 Å². The summed E-state index contributed by atoms with van der Waals surface area (Å²) in [7, 11) is 0. The van der Waals surface area contributed by atoms with Crippen LogP contribution >= 0.6 is 0 Å². The van der Waals surface area contributed by atoms with Crippen LogP contribution in [0.4, 0.5) is 0 Å². The minimum absolute atomic E-state index is 0.0503. The molecule has 3 aliphatic rings. The largest absolute Gasteiger partial charge is 0.269 e. The van der Waals surface area contributed by atoms with Gasteiger partial charge in [0.25, 0.3) is 0 Å². The highest BCUT2D eigenvalue weighted by atomic mass is 15.9. The zero-order valence-electron chi connectivity index (χ0n) is 22.9. The number of rotatable bonds is 21. The molecule has 4 nitrogen and oxygen atoms in total. The number of hydrogen-bond acceptors (Lipinski definition) is 4. The minimum Gasteiger partial charge on any atom is -0.269 e. The van der Waals surface area contributed by atoms with E-state index < -0.39 is 0 Å². The molecule has 0 saturated carbocycles. The van der Waals surface area contributed by atoms with Gasteiger partial charge in [-0.15, -0.1) is 0 Å². The van der Waals surface area contributed by atoms with Gasteiger partial charge in [0.2, 0.25) is 0 Å². The fraction of sp³-hybridized carbons (Fsp3) is 0.966. The van der Waals surface area contributed by atoms with Gasteiger partial charge in [0.1, 0.15) is 5.66 Å². The van der Waals surface area contributed by atoms with E-state index in [0.717, 1.165) is 6.42 Å². The maximum Gasteiger partial charge on any atom is 0.151 e. The molecule has 3 rings (SSSR count). The molecule has 0 spiro atoms. The molecule has 1 unspecified atom stereocenters. The number of nitrogens with one attached hydrogen (secondary N) is 1. The highest BCUT2D eigenvalue weighted by Gasteiger charge is 2.73. The molecule has 3 fully saturated rings. The summed E-state index contributed by atoms with van der Waals surface area (Å²) in [5.41, 5.74) is 4.60. The van der Waals surface area contributed by atoms with Crippen molar-refractivity contribution in [2.75, 3.05) is 26.2 Å². The SMILES string of the molecule is [CH2]CC(CCCCC)(CCCCC)C(N1CC1)(N1CC1)N1NC1(CCCCC)CCCCC. The van der Waals surface area contributed by atoms with Gasteiger partial charge in [-0.1, -0.05) is 112 Å². The quantitative estimate of drug-likeness (QED) is 0.143. The molecule has 0 aliphatic carbocycles. The van der Waals surface area contributed by atoms with Gasteiger partial charge in [-0.05, 0) is 32.1 Å². The first-order chi connectivity index (χ1) is 16.1. The Kier molecular flexibility index (Phi) is 10.6. The summed E-state index contributed by atoms with van der Waals surface area (Å²) < 4.78 is 0. The van der Waals surface area contributed by atoms with Crippen molar-refractivity contribution in [2.45, 2.75) is 148 Å². The van der Waals surface area contributed by atoms with E-state index >= 15 is 0 Å². The molecule has 1 atom stereocenters. The summed E-state index contributed by atoms with van der Waals surface area (Å²) in [5, 5.41) is 2.84. The summed E-state index contributed by atoms with van der Waals surface area (Å²) in [6.07, 6.45) is 22.4. The van der Waals surface area contributed by atoms with E-state index in [4.69, 9.17) is 6.92 Å². The molecule has 0 aromatic rings. The van der Waals surface area contributed by atoms with Crippen molar-refractivity contribution in [2.24, 2.45) is 5.41 Å². The highest BCUT2D eigenvalue weighted by molar-refractivity contribution is 5.18. The van der Waals surface area contributed by atoms with Crippen LogP contribution in [0.25, 0.3) is 0 Å². The van der Waals surface area contributed by atoms with Crippen LogP contribution in [0.1, 0.15) is 137 Å². The van der Waals surface area contributed by atoms with Gasteiger partial charge in [-0.25, -0.2) is 5.43 Å². The molecule has 3 heterocycles. The fourth-order valence-corrected chi connectivity index (χ4v) is 6.77. The molecule has 1 N–H and O–H groups in total. The van der Waals surface area contributed by atoms with E-state index in [0.29, 0.717) is 0 Å². The van der Waals surface area contributed by atoms with E-state index in [9.17, 15) is 0 Å². The standard InChI is InChI=1S/C29H57N4/c1-6-11-15-19-27(10-5,20-16-12-7-2)29(31-23-24-31,32-25-26-32)33-28(30-33,21-17-13-8-3)22-18-14-9-4/h30H,5-26H2,1-4H3. The van der Waals surface area contributed by atoms with Crippen LogP contribution in [-0.2, 0) is 0 Å². The monoisotopic (exact) mass is 461 g/mol. The molecule has 3 saturated heterocycles. The lowest BCUT2D eigenvalue weighted by Crippen LogP contribution is -2.66. The lowest BCUT2D eigenvalue weighted by atomic mass is 9.69. The lowest BCUT2D eigenvalue weighted by Gasteiger charge is -2.54. The van der Waals surface area contributed by atoms with Gasteiger partial charge >= 0.3 is 0 Å². The summed E-state index contributed by atoms with van der Waals surface area (Å²) in [5.74, 6) is 0.0503. The number of hydrogen-bond donors (Lipinski definition) is 1. The van der Waals surface area contributed by atoms with E-state index in [1.54, 1.807) is 0 Å². The zero-order chi connectivity index (χ0) is 23.8. The van der Waals surface area contributed by atoms with Crippen LogP contribution in [0, 0.1) is 12.3 Å². The van der Waals surface area contributed by atoms with Crippen molar-refractivity contribution in [1.82, 2.24) is 20.2 Å². The third-order valence-electron chi connectivity index (χ3n) is 8.88. The molecule has 33 heavy (non-hydrogen) atoms. The van der Waals surface area contributed by atoms with Gasteiger partial charge in [0, 0.05) is 31.6 Å². The van der Waals surface area contributed by atoms with Crippen molar-refractivity contribution in [1.29, 1.82) is 0 Å². The number of unbranched alkanes of at least 4 members (excludes halogenated alkanes) is 8. The molecule has 0 aromatic carbocycles. The second-order valence-corrected chi connectivity index (χ2v) is 11.4. The van der Waals surface area contributed by atoms with Gasteiger partial charge in [-0.3, -0.25) is 9.80 Å². The molecular formula is C29H57N4. The summed E-state index contributed by atoms with van der Waals surface area (Å²) >= 11 is 0. The van der Waals surface area contributed by atoms with Gasteiger partial charge in [0.05, 0.1) is 0 Å². The maximum atomic E-state index is 4.70. The predicted octanol–water partition coefficient (Wildman–Crippen LogP) is 7.32. The Bertz CT molecular complexity index is 522. The van der Waals surface area contributed by atoms with Crippen LogP contribution < -0.4 is 5.43 Å². The average Bonchev–Trinajstić information content (AvgIpc) is 3.68. The molecule has 1 radical (unpaired) electrons. The average molecular weight is 462 g/mol. The Hall–Kier alpha value is -0.160. The fourth-order valence-electron chi connectivity index (χ4n) is 6.77. The topological polar surface area (TPSA) is 31.0 Å². The van der Waals surface area contributed by atoms with Crippen molar-refractivity contribution in [3.8, 4) is 0 Å². The molecule has 3 aliphatic heterocycles. The Morgan fingerprint density at radius 3 is 1.45 bits per heavy atom. The lowest BCUT2D eigenvalue weighted by molar-refractivity contribution is -0.153. The van der Waals surface area contributed by atoms with Crippen molar-refractivity contribution < 1.29 is 0 Å². The first-order valence-electron chi connectivity index (χ1n) is 15.0. The highest BCUT2D eigenvalue weighted by Crippen LogP contribution is 2.60. The normalized spacial score (nSPS) is 22.6. The van der Waals surface area contributed by atoms with Crippen LogP contribution in [0.15, 0.2) is 0 Å². The third kappa shape index (κ3) is 5.98. The Morgan fingerprint density at radius 2 is 1.09 bits per heavy atom. The van der Waals surface area contributed by atoms with E-state index in [2.05, 4.69) is 47.9 Å². The number of hydrazine groups is 1. The van der Waals surface area contributed by atoms with Gasteiger partial charge in [-0.2, -0.15) is 5.01 Å². The second kappa shape index (κ2) is 12.7. The molecule has 4 heteroatoms. The van der Waals surface area contributed by atoms with Gasteiger partial charge < -0.3 is 0 Å². The maximum absolute atomic E-state index is 4.70. The molecule has 0 aromatic heterocycles. The first-order valence-corrected chi connectivity index (χ1v) is 15.0. The predicted molar refractivity (Wildman–Crippen MR) is 143 cm³/mol. The Balaban J connectivity index is 1.94. The van der Waals surface area contributed by atoms with Crippen molar-refractivity contribution in [3.05, 3.63) is 6.92 Å². The van der Waals surface area contributed by atoms with E-state index in [-0.39, 0.29) is 16.9 Å². The summed E-state index contributed by atoms with van der Waals surface area (Å²) in [4.78, 5) is 5.69. The van der Waals surface area contributed by atoms with Crippen LogP contribution in [0.3, 0.4) is 0 Å². The zero-order valence-corrected chi connectivity index (χ0v) is 22.9. The molecule has 0 amide bonds. The minimum atomic E-state index is 0.0503. The number of nitrogens with zero attached hydrogens (tertiary/aromatic N) is 3. The Morgan fingerprint density at radius 1 is 0.667 bits per heavy atom. The van der Waals surface area contributed by atoms with Gasteiger partial charge in [0.15, 0.2) is 5.79 Å².